The van der Waals surface area contributed by atoms with Gasteiger partial charge in [0, 0.05) is 31.4 Å². The monoisotopic (exact) mass is 263 g/mol. The first-order valence-electron chi connectivity index (χ1n) is 7.26. The summed E-state index contributed by atoms with van der Waals surface area (Å²) in [6.07, 6.45) is 5.66. The van der Waals surface area contributed by atoms with Gasteiger partial charge in [0.05, 0.1) is 6.54 Å². The molecule has 0 radical (unpaired) electrons. The molecule has 1 aromatic rings. The Hall–Kier alpha value is -1.32. The molecule has 0 aromatic carbocycles. The quantitative estimate of drug-likeness (QED) is 0.819. The zero-order chi connectivity index (χ0) is 14.0. The minimum absolute atomic E-state index is 0.281. The summed E-state index contributed by atoms with van der Waals surface area (Å²) in [6.45, 7) is 10.3. The van der Waals surface area contributed by atoms with Gasteiger partial charge < -0.3 is 9.47 Å². The molecule has 0 saturated carbocycles. The van der Waals surface area contributed by atoms with Gasteiger partial charge in [0.2, 0.25) is 5.91 Å². The standard InChI is InChI=1S/C15H25N3O/c1-11(2)7-13-8-15(19)17(9-13)10-14-16-5-6-18(14)12(3)4/h5-6,11-13H,7-10H2,1-4H3/t13-/m1/s1. The van der Waals surface area contributed by atoms with Crippen molar-refractivity contribution in [3.05, 3.63) is 18.2 Å². The van der Waals surface area contributed by atoms with E-state index in [1.54, 1.807) is 0 Å². The van der Waals surface area contributed by atoms with Gasteiger partial charge >= 0.3 is 0 Å². The third-order valence-electron chi connectivity index (χ3n) is 3.74. The number of nitrogens with zero attached hydrogens (tertiary/aromatic N) is 3. The fraction of sp³-hybridized carbons (Fsp3) is 0.733. The van der Waals surface area contributed by atoms with Crippen LogP contribution in [-0.4, -0.2) is 26.9 Å². The van der Waals surface area contributed by atoms with Crippen molar-refractivity contribution >= 4 is 5.91 Å². The van der Waals surface area contributed by atoms with E-state index in [-0.39, 0.29) is 5.91 Å². The number of rotatable bonds is 5. The third kappa shape index (κ3) is 3.37. The number of amides is 1. The maximum absolute atomic E-state index is 12.1. The summed E-state index contributed by atoms with van der Waals surface area (Å²) in [5, 5.41) is 0. The number of aromatic nitrogens is 2. The predicted molar refractivity (Wildman–Crippen MR) is 75.6 cm³/mol. The summed E-state index contributed by atoms with van der Waals surface area (Å²) >= 11 is 0. The van der Waals surface area contributed by atoms with E-state index < -0.39 is 0 Å². The average molecular weight is 263 g/mol. The van der Waals surface area contributed by atoms with Gasteiger partial charge in [-0.15, -0.1) is 0 Å². The molecule has 1 fully saturated rings. The lowest BCUT2D eigenvalue weighted by atomic mass is 9.96. The molecule has 1 atom stereocenters. The Balaban J connectivity index is 1.99. The second-order valence-corrected chi connectivity index (χ2v) is 6.32. The molecule has 0 unspecified atom stereocenters. The number of likely N-dealkylation sites (tertiary alicyclic amines) is 1. The van der Waals surface area contributed by atoms with Crippen LogP contribution in [0, 0.1) is 11.8 Å². The van der Waals surface area contributed by atoms with Gasteiger partial charge in [-0.3, -0.25) is 4.79 Å². The Morgan fingerprint density at radius 3 is 2.74 bits per heavy atom. The van der Waals surface area contributed by atoms with Crippen LogP contribution in [0.5, 0.6) is 0 Å². The largest absolute Gasteiger partial charge is 0.335 e. The zero-order valence-corrected chi connectivity index (χ0v) is 12.5. The van der Waals surface area contributed by atoms with Crippen molar-refractivity contribution in [2.75, 3.05) is 6.54 Å². The third-order valence-corrected chi connectivity index (χ3v) is 3.74. The highest BCUT2D eigenvalue weighted by molar-refractivity contribution is 5.78. The number of carbonyl (C=O) groups is 1. The predicted octanol–water partition coefficient (Wildman–Crippen LogP) is 2.86. The van der Waals surface area contributed by atoms with Crippen LogP contribution in [0.1, 0.15) is 52.4 Å². The van der Waals surface area contributed by atoms with Gasteiger partial charge in [0.1, 0.15) is 5.82 Å². The first-order valence-corrected chi connectivity index (χ1v) is 7.26. The summed E-state index contributed by atoms with van der Waals surface area (Å²) in [4.78, 5) is 18.4. The molecule has 1 aromatic heterocycles. The molecule has 0 N–H and O–H groups in total. The number of hydrogen-bond donors (Lipinski definition) is 0. The molecule has 2 rings (SSSR count). The lowest BCUT2D eigenvalue weighted by molar-refractivity contribution is -0.128. The number of imidazole rings is 1. The van der Waals surface area contributed by atoms with E-state index in [4.69, 9.17) is 0 Å². The number of hydrogen-bond acceptors (Lipinski definition) is 2. The molecule has 19 heavy (non-hydrogen) atoms. The highest BCUT2D eigenvalue weighted by atomic mass is 16.2. The lowest BCUT2D eigenvalue weighted by Gasteiger charge is -2.19. The molecule has 2 heterocycles. The van der Waals surface area contributed by atoms with Crippen LogP contribution >= 0.6 is 0 Å². The van der Waals surface area contributed by atoms with E-state index >= 15 is 0 Å². The van der Waals surface area contributed by atoms with Crippen molar-refractivity contribution in [3.63, 3.8) is 0 Å². The molecule has 4 nitrogen and oxygen atoms in total. The van der Waals surface area contributed by atoms with E-state index in [2.05, 4.69) is 37.2 Å². The average Bonchev–Trinajstić information content (AvgIpc) is 2.86. The van der Waals surface area contributed by atoms with Gasteiger partial charge in [-0.05, 0) is 32.1 Å². The van der Waals surface area contributed by atoms with Crippen molar-refractivity contribution in [2.45, 2.75) is 53.1 Å². The topological polar surface area (TPSA) is 38.1 Å². The van der Waals surface area contributed by atoms with Crippen molar-refractivity contribution in [3.8, 4) is 0 Å². The van der Waals surface area contributed by atoms with Gasteiger partial charge in [-0.25, -0.2) is 4.98 Å². The summed E-state index contributed by atoms with van der Waals surface area (Å²) < 4.78 is 2.14. The summed E-state index contributed by atoms with van der Waals surface area (Å²) in [5.74, 6) is 2.46. The van der Waals surface area contributed by atoms with E-state index in [0.29, 0.717) is 30.8 Å². The molecule has 0 bridgehead atoms. The van der Waals surface area contributed by atoms with Gasteiger partial charge in [-0.1, -0.05) is 13.8 Å². The smallest absolute Gasteiger partial charge is 0.223 e. The molecule has 4 heteroatoms. The van der Waals surface area contributed by atoms with E-state index in [1.807, 2.05) is 17.3 Å². The first-order chi connectivity index (χ1) is 8.97. The molecule has 1 amide bonds. The Morgan fingerprint density at radius 1 is 1.37 bits per heavy atom. The summed E-state index contributed by atoms with van der Waals surface area (Å²) in [6, 6.07) is 0.390. The van der Waals surface area contributed by atoms with Crippen molar-refractivity contribution in [1.82, 2.24) is 14.5 Å². The van der Waals surface area contributed by atoms with Crippen LogP contribution in [0.25, 0.3) is 0 Å². The molecular formula is C15H25N3O. The zero-order valence-electron chi connectivity index (χ0n) is 12.5. The van der Waals surface area contributed by atoms with E-state index in [1.165, 1.54) is 0 Å². The molecular weight excluding hydrogens is 238 g/mol. The normalized spacial score (nSPS) is 20.0. The van der Waals surface area contributed by atoms with Gasteiger partial charge in [0.25, 0.3) is 0 Å². The Kier molecular flexibility index (Phi) is 4.27. The van der Waals surface area contributed by atoms with Crippen LogP contribution < -0.4 is 0 Å². The second kappa shape index (κ2) is 5.76. The van der Waals surface area contributed by atoms with Gasteiger partial charge in [0.15, 0.2) is 0 Å². The van der Waals surface area contributed by atoms with Crippen LogP contribution in [0.3, 0.4) is 0 Å². The molecule has 1 aliphatic rings. The Bertz CT molecular complexity index is 436. The number of carbonyl (C=O) groups excluding carboxylic acids is 1. The second-order valence-electron chi connectivity index (χ2n) is 6.32. The highest BCUT2D eigenvalue weighted by Crippen LogP contribution is 2.25. The summed E-state index contributed by atoms with van der Waals surface area (Å²) in [7, 11) is 0. The van der Waals surface area contributed by atoms with Crippen LogP contribution in [-0.2, 0) is 11.3 Å². The maximum atomic E-state index is 12.1. The van der Waals surface area contributed by atoms with Crippen LogP contribution in [0.4, 0.5) is 0 Å². The molecule has 0 aliphatic carbocycles. The molecule has 0 spiro atoms. The highest BCUT2D eigenvalue weighted by Gasteiger charge is 2.30. The molecule has 106 valence electrons. The molecule has 1 aliphatic heterocycles. The van der Waals surface area contributed by atoms with Crippen molar-refractivity contribution in [1.29, 1.82) is 0 Å². The molecule has 1 saturated heterocycles. The first kappa shape index (κ1) is 14.1. The van der Waals surface area contributed by atoms with Crippen LogP contribution in [0.2, 0.25) is 0 Å². The van der Waals surface area contributed by atoms with E-state index in [9.17, 15) is 4.79 Å². The minimum atomic E-state index is 0.281. The van der Waals surface area contributed by atoms with Crippen molar-refractivity contribution < 1.29 is 4.79 Å². The van der Waals surface area contributed by atoms with Crippen LogP contribution in [0.15, 0.2) is 12.4 Å². The minimum Gasteiger partial charge on any atom is -0.335 e. The van der Waals surface area contributed by atoms with Crippen molar-refractivity contribution in [2.24, 2.45) is 11.8 Å². The lowest BCUT2D eigenvalue weighted by Crippen LogP contribution is -2.26. The fourth-order valence-corrected chi connectivity index (χ4v) is 2.94. The summed E-state index contributed by atoms with van der Waals surface area (Å²) in [5.41, 5.74) is 0. The van der Waals surface area contributed by atoms with E-state index in [0.717, 1.165) is 18.8 Å². The Labute approximate surface area is 115 Å². The SMILES string of the molecule is CC(C)C[C@@H]1CC(=O)N(Cc2nccn2C(C)C)C1. The van der Waals surface area contributed by atoms with Gasteiger partial charge in [-0.2, -0.15) is 0 Å². The fourth-order valence-electron chi connectivity index (χ4n) is 2.94. The maximum Gasteiger partial charge on any atom is 0.223 e. The Morgan fingerprint density at radius 2 is 2.11 bits per heavy atom.